The molecule has 1 aromatic rings. The maximum Gasteiger partial charge on any atom is 0.338 e. The van der Waals surface area contributed by atoms with Gasteiger partial charge in [0, 0.05) is 0 Å². The van der Waals surface area contributed by atoms with E-state index in [4.69, 9.17) is 42.0 Å². The topological polar surface area (TPSA) is 147 Å². The summed E-state index contributed by atoms with van der Waals surface area (Å²) in [6.45, 7) is 2.93. The SMILES string of the molecule is CCOC(=O)C1=C(C)OC(N)=C(C#N)[C@H]1c1cc(Cl)c(OCC(N)=O)c(OC)c1. The molecule has 0 unspecified atom stereocenters. The van der Waals surface area contributed by atoms with Crippen LogP contribution in [-0.2, 0) is 19.1 Å². The molecule has 0 saturated heterocycles. The number of amides is 1. The van der Waals surface area contributed by atoms with E-state index in [1.165, 1.54) is 19.2 Å². The Balaban J connectivity index is 2.65. The number of benzene rings is 1. The van der Waals surface area contributed by atoms with Crippen molar-refractivity contribution in [3.63, 3.8) is 0 Å². The van der Waals surface area contributed by atoms with E-state index >= 15 is 0 Å². The maximum atomic E-state index is 12.6. The van der Waals surface area contributed by atoms with Crippen molar-refractivity contribution in [3.05, 3.63) is 45.5 Å². The van der Waals surface area contributed by atoms with Gasteiger partial charge < -0.3 is 30.4 Å². The van der Waals surface area contributed by atoms with Crippen molar-refractivity contribution in [2.24, 2.45) is 11.5 Å². The van der Waals surface area contributed by atoms with E-state index in [2.05, 4.69) is 0 Å². The highest BCUT2D eigenvalue weighted by atomic mass is 35.5. The van der Waals surface area contributed by atoms with Crippen LogP contribution in [-0.4, -0.2) is 32.2 Å². The molecule has 0 fully saturated rings. The first-order chi connectivity index (χ1) is 13.7. The summed E-state index contributed by atoms with van der Waals surface area (Å²) in [4.78, 5) is 23.6. The van der Waals surface area contributed by atoms with E-state index in [-0.39, 0.29) is 45.9 Å². The summed E-state index contributed by atoms with van der Waals surface area (Å²) < 4.78 is 21.1. The molecule has 0 bridgehead atoms. The molecule has 2 rings (SSSR count). The van der Waals surface area contributed by atoms with Crippen molar-refractivity contribution in [1.82, 2.24) is 0 Å². The summed E-state index contributed by atoms with van der Waals surface area (Å²) in [6, 6.07) is 4.98. The molecule has 9 nitrogen and oxygen atoms in total. The van der Waals surface area contributed by atoms with Gasteiger partial charge in [-0.1, -0.05) is 11.6 Å². The average Bonchev–Trinajstić information content (AvgIpc) is 2.65. The van der Waals surface area contributed by atoms with Gasteiger partial charge in [-0.3, -0.25) is 4.79 Å². The normalized spacial score (nSPS) is 16.0. The van der Waals surface area contributed by atoms with Crippen LogP contribution in [0.2, 0.25) is 5.02 Å². The average molecular weight is 422 g/mol. The van der Waals surface area contributed by atoms with Gasteiger partial charge in [-0.2, -0.15) is 5.26 Å². The van der Waals surface area contributed by atoms with Crippen molar-refractivity contribution < 1.29 is 28.5 Å². The van der Waals surface area contributed by atoms with Gasteiger partial charge in [-0.15, -0.1) is 0 Å². The Hall–Kier alpha value is -3.38. The molecule has 154 valence electrons. The summed E-state index contributed by atoms with van der Waals surface area (Å²) in [5, 5.41) is 9.71. The number of nitriles is 1. The second kappa shape index (κ2) is 9.21. The Morgan fingerprint density at radius 2 is 2.07 bits per heavy atom. The van der Waals surface area contributed by atoms with E-state index < -0.39 is 24.4 Å². The molecule has 1 aromatic carbocycles. The first kappa shape index (κ1) is 21.9. The maximum absolute atomic E-state index is 12.6. The van der Waals surface area contributed by atoms with E-state index in [0.717, 1.165) is 0 Å². The van der Waals surface area contributed by atoms with Crippen LogP contribution in [0.25, 0.3) is 0 Å². The van der Waals surface area contributed by atoms with Crippen LogP contribution in [0.5, 0.6) is 11.5 Å². The predicted octanol–water partition coefficient (Wildman–Crippen LogP) is 1.86. The quantitative estimate of drug-likeness (QED) is 0.634. The number of carbonyl (C=O) groups is 2. The minimum absolute atomic E-state index is 0.0163. The van der Waals surface area contributed by atoms with Crippen molar-refractivity contribution in [1.29, 1.82) is 5.26 Å². The van der Waals surface area contributed by atoms with Crippen molar-refractivity contribution in [2.75, 3.05) is 20.3 Å². The Labute approximate surface area is 172 Å². The molecule has 1 aliphatic heterocycles. The van der Waals surface area contributed by atoms with E-state index in [1.807, 2.05) is 6.07 Å². The Kier molecular flexibility index (Phi) is 6.96. The van der Waals surface area contributed by atoms with Gasteiger partial charge in [0.25, 0.3) is 5.91 Å². The molecule has 1 aliphatic rings. The highest BCUT2D eigenvalue weighted by molar-refractivity contribution is 6.32. The molecule has 1 heterocycles. The van der Waals surface area contributed by atoms with E-state index in [1.54, 1.807) is 13.8 Å². The summed E-state index contributed by atoms with van der Waals surface area (Å²) in [7, 11) is 1.37. The monoisotopic (exact) mass is 421 g/mol. The van der Waals surface area contributed by atoms with Gasteiger partial charge in [0.2, 0.25) is 5.88 Å². The van der Waals surface area contributed by atoms with Gasteiger partial charge in [-0.25, -0.2) is 4.79 Å². The van der Waals surface area contributed by atoms with Gasteiger partial charge in [0.1, 0.15) is 17.4 Å². The third-order valence-electron chi connectivity index (χ3n) is 4.04. The molecule has 0 saturated carbocycles. The smallest absolute Gasteiger partial charge is 0.338 e. The second-order valence-corrected chi connectivity index (χ2v) is 6.31. The number of methoxy groups -OCH3 is 1. The number of nitrogens with two attached hydrogens (primary N) is 2. The summed E-state index contributed by atoms with van der Waals surface area (Å²) in [5.41, 5.74) is 11.5. The Morgan fingerprint density at radius 1 is 1.38 bits per heavy atom. The number of carbonyl (C=O) groups excluding carboxylic acids is 2. The van der Waals surface area contributed by atoms with Gasteiger partial charge in [0.15, 0.2) is 18.1 Å². The zero-order valence-electron chi connectivity index (χ0n) is 16.1. The molecule has 29 heavy (non-hydrogen) atoms. The number of rotatable bonds is 7. The lowest BCUT2D eigenvalue weighted by molar-refractivity contribution is -0.139. The molecular formula is C19H20ClN3O6. The lowest BCUT2D eigenvalue weighted by atomic mass is 9.83. The zero-order valence-corrected chi connectivity index (χ0v) is 16.8. The van der Waals surface area contributed by atoms with E-state index in [9.17, 15) is 14.9 Å². The molecule has 0 radical (unpaired) electrons. The molecule has 1 atom stereocenters. The Bertz CT molecular complexity index is 948. The predicted molar refractivity (Wildman–Crippen MR) is 103 cm³/mol. The number of ether oxygens (including phenoxy) is 4. The third-order valence-corrected chi connectivity index (χ3v) is 4.33. The van der Waals surface area contributed by atoms with Crippen molar-refractivity contribution >= 4 is 23.5 Å². The number of hydrogen-bond acceptors (Lipinski definition) is 8. The van der Waals surface area contributed by atoms with Gasteiger partial charge in [-0.05, 0) is 31.5 Å². The van der Waals surface area contributed by atoms with Crippen LogP contribution in [0, 0.1) is 11.3 Å². The minimum atomic E-state index is -0.899. The Morgan fingerprint density at radius 3 is 2.62 bits per heavy atom. The molecule has 0 aromatic heterocycles. The first-order valence-corrected chi connectivity index (χ1v) is 8.86. The second-order valence-electron chi connectivity index (χ2n) is 5.90. The van der Waals surface area contributed by atoms with Crippen LogP contribution < -0.4 is 20.9 Å². The molecule has 10 heteroatoms. The first-order valence-electron chi connectivity index (χ1n) is 8.49. The zero-order chi connectivity index (χ0) is 21.7. The summed E-state index contributed by atoms with van der Waals surface area (Å²) in [5.74, 6) is -1.90. The van der Waals surface area contributed by atoms with Crippen molar-refractivity contribution in [2.45, 2.75) is 19.8 Å². The fourth-order valence-corrected chi connectivity index (χ4v) is 3.15. The fraction of sp³-hybridized carbons (Fsp3) is 0.316. The van der Waals surface area contributed by atoms with Crippen LogP contribution in [0.15, 0.2) is 34.9 Å². The summed E-state index contributed by atoms with van der Waals surface area (Å²) >= 11 is 6.32. The fourth-order valence-electron chi connectivity index (χ4n) is 2.88. The molecular weight excluding hydrogens is 402 g/mol. The lowest BCUT2D eigenvalue weighted by Gasteiger charge is -2.27. The molecule has 4 N–H and O–H groups in total. The van der Waals surface area contributed by atoms with Gasteiger partial charge in [0.05, 0.1) is 30.2 Å². The minimum Gasteiger partial charge on any atom is -0.493 e. The van der Waals surface area contributed by atoms with Crippen LogP contribution in [0.3, 0.4) is 0 Å². The number of primary amides is 1. The largest absolute Gasteiger partial charge is 0.493 e. The number of esters is 1. The molecule has 0 spiro atoms. The molecule has 0 aliphatic carbocycles. The lowest BCUT2D eigenvalue weighted by Crippen LogP contribution is -2.25. The van der Waals surface area contributed by atoms with E-state index in [0.29, 0.717) is 5.56 Å². The highest BCUT2D eigenvalue weighted by Crippen LogP contribution is 2.44. The third kappa shape index (κ3) is 4.55. The number of allylic oxidation sites excluding steroid dienone is 2. The van der Waals surface area contributed by atoms with Gasteiger partial charge >= 0.3 is 5.97 Å². The standard InChI is InChI=1S/C19H20ClN3O6/c1-4-27-19(25)15-9(2)29-18(23)11(7-21)16(15)10-5-12(20)17(13(6-10)26-3)28-8-14(22)24/h5-6,16H,4,8,23H2,1-3H3,(H2,22,24)/t16-/m1/s1. The number of halogens is 1. The van der Waals surface area contributed by atoms with Crippen molar-refractivity contribution in [3.8, 4) is 17.6 Å². The summed E-state index contributed by atoms with van der Waals surface area (Å²) in [6.07, 6.45) is 0. The highest BCUT2D eigenvalue weighted by Gasteiger charge is 2.37. The number of nitrogens with zero attached hydrogens (tertiary/aromatic N) is 1. The molecule has 1 amide bonds. The van der Waals surface area contributed by atoms with Crippen LogP contribution in [0.1, 0.15) is 25.3 Å². The van der Waals surface area contributed by atoms with Crippen LogP contribution >= 0.6 is 11.6 Å². The van der Waals surface area contributed by atoms with Crippen LogP contribution in [0.4, 0.5) is 0 Å². The number of hydrogen-bond donors (Lipinski definition) is 2.